The molecule has 108 valence electrons. The molecule has 1 N–H and O–H groups in total. The standard InChI is InChI=1S/C15H16N4O2/c20-14(10-19-15(21)2-1-5-18-19)17-8-11-6-13(9-16-7-11)12-3-4-12/h1-2,5-7,9,12H,3-4,8,10H2,(H,17,20). The summed E-state index contributed by atoms with van der Waals surface area (Å²) < 4.78 is 1.13. The van der Waals surface area contributed by atoms with E-state index in [4.69, 9.17) is 0 Å². The molecule has 0 radical (unpaired) electrons. The first-order valence-corrected chi connectivity index (χ1v) is 6.95. The number of amides is 1. The fourth-order valence-corrected chi connectivity index (χ4v) is 2.14. The van der Waals surface area contributed by atoms with Crippen LogP contribution in [0.1, 0.15) is 29.9 Å². The van der Waals surface area contributed by atoms with Crippen LogP contribution >= 0.6 is 0 Å². The van der Waals surface area contributed by atoms with Crippen LogP contribution in [-0.4, -0.2) is 20.7 Å². The molecule has 3 rings (SSSR count). The van der Waals surface area contributed by atoms with E-state index in [0.29, 0.717) is 12.5 Å². The van der Waals surface area contributed by atoms with Crippen LogP contribution in [0.3, 0.4) is 0 Å². The van der Waals surface area contributed by atoms with Crippen molar-refractivity contribution in [2.45, 2.75) is 31.8 Å². The van der Waals surface area contributed by atoms with Crippen LogP contribution in [0, 0.1) is 0 Å². The summed E-state index contributed by atoms with van der Waals surface area (Å²) in [4.78, 5) is 27.5. The molecule has 2 aromatic rings. The molecule has 0 aromatic carbocycles. The Hall–Kier alpha value is -2.50. The van der Waals surface area contributed by atoms with E-state index in [-0.39, 0.29) is 18.0 Å². The molecule has 0 unspecified atom stereocenters. The SMILES string of the molecule is O=C(Cn1ncccc1=O)NCc1cncc(C2CC2)c1. The van der Waals surface area contributed by atoms with Crippen molar-refractivity contribution in [3.63, 3.8) is 0 Å². The zero-order valence-electron chi connectivity index (χ0n) is 11.5. The summed E-state index contributed by atoms with van der Waals surface area (Å²) in [5, 5.41) is 6.63. The average Bonchev–Trinajstić information content (AvgIpc) is 3.33. The summed E-state index contributed by atoms with van der Waals surface area (Å²) in [6.07, 6.45) is 7.56. The van der Waals surface area contributed by atoms with Gasteiger partial charge in [-0.2, -0.15) is 5.10 Å². The maximum atomic E-state index is 11.8. The van der Waals surface area contributed by atoms with Crippen LogP contribution < -0.4 is 10.9 Å². The van der Waals surface area contributed by atoms with Gasteiger partial charge in [-0.05, 0) is 36.0 Å². The molecule has 1 fully saturated rings. The molecule has 21 heavy (non-hydrogen) atoms. The number of nitrogens with one attached hydrogen (secondary N) is 1. The van der Waals surface area contributed by atoms with Gasteiger partial charge < -0.3 is 5.32 Å². The third-order valence-corrected chi connectivity index (χ3v) is 3.43. The van der Waals surface area contributed by atoms with Crippen molar-refractivity contribution in [2.75, 3.05) is 0 Å². The molecule has 1 aliphatic rings. The molecule has 0 spiro atoms. The second-order valence-electron chi connectivity index (χ2n) is 5.20. The van der Waals surface area contributed by atoms with Crippen LogP contribution in [0.15, 0.2) is 41.6 Å². The number of rotatable bonds is 5. The zero-order chi connectivity index (χ0) is 14.7. The Morgan fingerprint density at radius 1 is 1.38 bits per heavy atom. The first kappa shape index (κ1) is 13.5. The molecule has 2 aromatic heterocycles. The Balaban J connectivity index is 1.57. The number of hydrogen-bond acceptors (Lipinski definition) is 4. The molecule has 1 aliphatic carbocycles. The van der Waals surface area contributed by atoms with E-state index in [1.807, 2.05) is 6.20 Å². The van der Waals surface area contributed by atoms with Crippen molar-refractivity contribution < 1.29 is 4.79 Å². The second kappa shape index (κ2) is 5.87. The van der Waals surface area contributed by atoms with E-state index >= 15 is 0 Å². The van der Waals surface area contributed by atoms with Gasteiger partial charge in [-0.25, -0.2) is 4.68 Å². The van der Waals surface area contributed by atoms with E-state index in [9.17, 15) is 9.59 Å². The number of aromatic nitrogens is 3. The van der Waals surface area contributed by atoms with Gasteiger partial charge in [0.25, 0.3) is 5.56 Å². The van der Waals surface area contributed by atoms with Gasteiger partial charge in [0.2, 0.25) is 5.91 Å². The predicted octanol–water partition coefficient (Wildman–Crippen LogP) is 0.832. The molecule has 0 bridgehead atoms. The molecule has 6 nitrogen and oxygen atoms in total. The number of nitrogens with zero attached hydrogens (tertiary/aromatic N) is 3. The predicted molar refractivity (Wildman–Crippen MR) is 76.6 cm³/mol. The largest absolute Gasteiger partial charge is 0.350 e. The van der Waals surface area contributed by atoms with Gasteiger partial charge in [-0.15, -0.1) is 0 Å². The lowest BCUT2D eigenvalue weighted by molar-refractivity contribution is -0.122. The summed E-state index contributed by atoms with van der Waals surface area (Å²) in [6, 6.07) is 5.01. The minimum absolute atomic E-state index is 0.0740. The maximum absolute atomic E-state index is 11.8. The highest BCUT2D eigenvalue weighted by Crippen LogP contribution is 2.39. The highest BCUT2D eigenvalue weighted by Gasteiger charge is 2.23. The second-order valence-corrected chi connectivity index (χ2v) is 5.20. The van der Waals surface area contributed by atoms with Crippen LogP contribution in [0.2, 0.25) is 0 Å². The van der Waals surface area contributed by atoms with Crippen LogP contribution in [0.5, 0.6) is 0 Å². The molecular formula is C15H16N4O2. The Kier molecular flexibility index (Phi) is 3.77. The summed E-state index contributed by atoms with van der Waals surface area (Å²) in [5.74, 6) is 0.396. The van der Waals surface area contributed by atoms with Gasteiger partial charge >= 0.3 is 0 Å². The zero-order valence-corrected chi connectivity index (χ0v) is 11.5. The molecule has 6 heteroatoms. The van der Waals surface area contributed by atoms with E-state index in [0.717, 1.165) is 10.2 Å². The van der Waals surface area contributed by atoms with Crippen molar-refractivity contribution >= 4 is 5.91 Å². The summed E-state index contributed by atoms with van der Waals surface area (Å²) in [6.45, 7) is 0.337. The van der Waals surface area contributed by atoms with E-state index < -0.39 is 0 Å². The molecule has 0 aliphatic heterocycles. The average molecular weight is 284 g/mol. The minimum atomic E-state index is -0.287. The van der Waals surface area contributed by atoms with Gasteiger partial charge in [0.1, 0.15) is 6.54 Å². The highest BCUT2D eigenvalue weighted by molar-refractivity contribution is 5.75. The van der Waals surface area contributed by atoms with Crippen molar-refractivity contribution in [1.29, 1.82) is 0 Å². The van der Waals surface area contributed by atoms with Gasteiger partial charge in [-0.3, -0.25) is 14.6 Å². The quantitative estimate of drug-likeness (QED) is 0.882. The summed E-state index contributed by atoms with van der Waals surface area (Å²) in [7, 11) is 0. The number of pyridine rings is 1. The van der Waals surface area contributed by atoms with E-state index in [1.54, 1.807) is 12.3 Å². The van der Waals surface area contributed by atoms with Crippen LogP contribution in [0.4, 0.5) is 0 Å². The Bertz CT molecular complexity index is 707. The topological polar surface area (TPSA) is 76.9 Å². The molecule has 1 saturated carbocycles. The van der Waals surface area contributed by atoms with Crippen molar-refractivity contribution in [3.05, 3.63) is 58.3 Å². The van der Waals surface area contributed by atoms with Crippen LogP contribution in [-0.2, 0) is 17.9 Å². The Morgan fingerprint density at radius 2 is 2.24 bits per heavy atom. The Morgan fingerprint density at radius 3 is 3.00 bits per heavy atom. The van der Waals surface area contributed by atoms with E-state index in [1.165, 1.54) is 30.7 Å². The lowest BCUT2D eigenvalue weighted by Gasteiger charge is -2.07. The van der Waals surface area contributed by atoms with Gasteiger partial charge in [0, 0.05) is 31.2 Å². The van der Waals surface area contributed by atoms with Gasteiger partial charge in [0.15, 0.2) is 0 Å². The lowest BCUT2D eigenvalue weighted by Crippen LogP contribution is -2.32. The van der Waals surface area contributed by atoms with Crippen molar-refractivity contribution in [2.24, 2.45) is 0 Å². The monoisotopic (exact) mass is 284 g/mol. The molecule has 2 heterocycles. The summed E-state index contributed by atoms with van der Waals surface area (Å²) >= 11 is 0. The normalized spacial score (nSPS) is 13.9. The maximum Gasteiger partial charge on any atom is 0.267 e. The molecular weight excluding hydrogens is 268 g/mol. The third-order valence-electron chi connectivity index (χ3n) is 3.43. The molecule has 1 amide bonds. The van der Waals surface area contributed by atoms with Gasteiger partial charge in [-0.1, -0.05) is 6.07 Å². The van der Waals surface area contributed by atoms with E-state index in [2.05, 4.69) is 21.5 Å². The first-order chi connectivity index (χ1) is 10.2. The smallest absolute Gasteiger partial charge is 0.267 e. The fraction of sp³-hybridized carbons (Fsp3) is 0.333. The van der Waals surface area contributed by atoms with Crippen LogP contribution in [0.25, 0.3) is 0 Å². The highest BCUT2D eigenvalue weighted by atomic mass is 16.2. The minimum Gasteiger partial charge on any atom is -0.350 e. The number of carbonyl (C=O) groups is 1. The number of hydrogen-bond donors (Lipinski definition) is 1. The summed E-state index contributed by atoms with van der Waals surface area (Å²) in [5.41, 5.74) is 1.92. The van der Waals surface area contributed by atoms with Crippen molar-refractivity contribution in [1.82, 2.24) is 20.1 Å². The Labute approximate surface area is 121 Å². The van der Waals surface area contributed by atoms with Gasteiger partial charge in [0.05, 0.1) is 0 Å². The number of carbonyl (C=O) groups excluding carboxylic acids is 1. The molecule has 0 saturated heterocycles. The fourth-order valence-electron chi connectivity index (χ4n) is 2.14. The molecule has 0 atom stereocenters. The third kappa shape index (κ3) is 3.53. The lowest BCUT2D eigenvalue weighted by atomic mass is 10.1. The van der Waals surface area contributed by atoms with Crippen molar-refractivity contribution in [3.8, 4) is 0 Å². The first-order valence-electron chi connectivity index (χ1n) is 6.95.